The molecule has 0 aromatic heterocycles. The van der Waals surface area contributed by atoms with Gasteiger partial charge in [0.05, 0.1) is 5.56 Å². The zero-order valence-corrected chi connectivity index (χ0v) is 13.4. The molecule has 0 aliphatic rings. The first kappa shape index (κ1) is 16.7. The van der Waals surface area contributed by atoms with Crippen LogP contribution in [0, 0.1) is 0 Å². The lowest BCUT2D eigenvalue weighted by molar-refractivity contribution is -0.116. The first-order chi connectivity index (χ1) is 11.0. The molecule has 1 amide bonds. The minimum Gasteiger partial charge on any atom is -0.478 e. The molecule has 0 spiro atoms. The van der Waals surface area contributed by atoms with E-state index in [2.05, 4.69) is 43.4 Å². The van der Waals surface area contributed by atoms with Crippen molar-refractivity contribution in [3.8, 4) is 0 Å². The van der Waals surface area contributed by atoms with E-state index in [-0.39, 0.29) is 11.5 Å². The smallest absolute Gasteiger partial charge is 0.335 e. The number of carbonyl (C=O) groups excluding carboxylic acids is 1. The summed E-state index contributed by atoms with van der Waals surface area (Å²) in [6.07, 6.45) is 1.07. The summed E-state index contributed by atoms with van der Waals surface area (Å²) in [5.74, 6) is -0.560. The lowest BCUT2D eigenvalue weighted by Gasteiger charge is -2.08. The number of aryl methyl sites for hydroxylation is 1. The van der Waals surface area contributed by atoms with Crippen molar-refractivity contribution in [1.82, 2.24) is 0 Å². The predicted octanol–water partition coefficient (Wildman–Crippen LogP) is 4.08. The molecule has 0 radical (unpaired) electrons. The van der Waals surface area contributed by atoms with E-state index in [4.69, 9.17) is 5.11 Å². The Hall–Kier alpha value is -2.62. The highest BCUT2D eigenvalue weighted by atomic mass is 16.4. The molecule has 0 heterocycles. The number of carboxylic acid groups (broad SMARTS) is 1. The second-order valence-corrected chi connectivity index (χ2v) is 5.83. The van der Waals surface area contributed by atoms with Crippen LogP contribution in [0.5, 0.6) is 0 Å². The topological polar surface area (TPSA) is 66.4 Å². The molecule has 4 heteroatoms. The van der Waals surface area contributed by atoms with Crippen LogP contribution >= 0.6 is 0 Å². The quantitative estimate of drug-likeness (QED) is 0.844. The Balaban J connectivity index is 1.86. The molecule has 120 valence electrons. The number of benzene rings is 2. The van der Waals surface area contributed by atoms with Crippen LogP contribution in [0.15, 0.2) is 48.5 Å². The van der Waals surface area contributed by atoms with E-state index >= 15 is 0 Å². The Bertz CT molecular complexity index is 673. The van der Waals surface area contributed by atoms with E-state index in [0.717, 1.165) is 5.56 Å². The minimum absolute atomic E-state index is 0.0824. The summed E-state index contributed by atoms with van der Waals surface area (Å²) in [5.41, 5.74) is 3.23. The summed E-state index contributed by atoms with van der Waals surface area (Å²) in [5, 5.41) is 11.6. The molecule has 2 N–H and O–H groups in total. The zero-order chi connectivity index (χ0) is 16.8. The highest BCUT2D eigenvalue weighted by Crippen LogP contribution is 2.16. The van der Waals surface area contributed by atoms with Gasteiger partial charge in [-0.1, -0.05) is 38.1 Å². The average Bonchev–Trinajstić information content (AvgIpc) is 2.54. The molecule has 0 saturated carbocycles. The molecule has 4 nitrogen and oxygen atoms in total. The Morgan fingerprint density at radius 1 is 1.00 bits per heavy atom. The second kappa shape index (κ2) is 7.58. The largest absolute Gasteiger partial charge is 0.478 e. The molecular formula is C19H21NO3. The molecule has 2 rings (SSSR count). The Kier molecular flexibility index (Phi) is 5.52. The van der Waals surface area contributed by atoms with Crippen LogP contribution in [0.3, 0.4) is 0 Å². The van der Waals surface area contributed by atoms with E-state index in [9.17, 15) is 9.59 Å². The van der Waals surface area contributed by atoms with Gasteiger partial charge in [0.15, 0.2) is 0 Å². The summed E-state index contributed by atoms with van der Waals surface area (Å²) in [4.78, 5) is 22.7. The number of hydrogen-bond acceptors (Lipinski definition) is 2. The van der Waals surface area contributed by atoms with Crippen molar-refractivity contribution in [2.24, 2.45) is 0 Å². The third-order valence-corrected chi connectivity index (χ3v) is 3.70. The fraction of sp³-hybridized carbons (Fsp3) is 0.263. The Morgan fingerprint density at radius 2 is 1.61 bits per heavy atom. The number of amides is 1. The van der Waals surface area contributed by atoms with Crippen LogP contribution in [0.1, 0.15) is 47.7 Å². The van der Waals surface area contributed by atoms with Gasteiger partial charge < -0.3 is 10.4 Å². The van der Waals surface area contributed by atoms with Gasteiger partial charge in [-0.05, 0) is 47.7 Å². The first-order valence-electron chi connectivity index (χ1n) is 7.68. The van der Waals surface area contributed by atoms with Crippen molar-refractivity contribution in [2.75, 3.05) is 5.32 Å². The lowest BCUT2D eigenvalue weighted by atomic mass is 10.0. The summed E-state index contributed by atoms with van der Waals surface area (Å²) >= 11 is 0. The molecule has 0 atom stereocenters. The van der Waals surface area contributed by atoms with Crippen LogP contribution in [-0.4, -0.2) is 17.0 Å². The van der Waals surface area contributed by atoms with Gasteiger partial charge in [-0.3, -0.25) is 4.79 Å². The summed E-state index contributed by atoms with van der Waals surface area (Å²) in [6.45, 7) is 4.30. The van der Waals surface area contributed by atoms with Crippen molar-refractivity contribution in [3.05, 3.63) is 65.2 Å². The number of aromatic carboxylic acids is 1. The van der Waals surface area contributed by atoms with Gasteiger partial charge in [0.1, 0.15) is 0 Å². The van der Waals surface area contributed by atoms with Crippen LogP contribution in [0.25, 0.3) is 0 Å². The SMILES string of the molecule is CC(C)c1ccc(CCC(=O)Nc2ccc(C(=O)O)cc2)cc1. The fourth-order valence-electron chi connectivity index (χ4n) is 2.25. The zero-order valence-electron chi connectivity index (χ0n) is 13.4. The Morgan fingerprint density at radius 3 is 2.13 bits per heavy atom. The molecule has 23 heavy (non-hydrogen) atoms. The molecule has 0 saturated heterocycles. The molecule has 0 aliphatic heterocycles. The molecule has 0 unspecified atom stereocenters. The molecule has 0 fully saturated rings. The number of anilines is 1. The van der Waals surface area contributed by atoms with Gasteiger partial charge >= 0.3 is 5.97 Å². The van der Waals surface area contributed by atoms with E-state index in [1.54, 1.807) is 12.1 Å². The maximum absolute atomic E-state index is 12.0. The minimum atomic E-state index is -0.979. The standard InChI is InChI=1S/C19H21NO3/c1-13(2)15-6-3-14(4-7-15)5-12-18(21)20-17-10-8-16(9-11-17)19(22)23/h3-4,6-11,13H,5,12H2,1-2H3,(H,20,21)(H,22,23). The van der Waals surface area contributed by atoms with Crippen LogP contribution in [-0.2, 0) is 11.2 Å². The third-order valence-electron chi connectivity index (χ3n) is 3.70. The second-order valence-electron chi connectivity index (χ2n) is 5.83. The molecule has 2 aromatic rings. The number of carboxylic acids is 1. The number of nitrogens with one attached hydrogen (secondary N) is 1. The van der Waals surface area contributed by atoms with Gasteiger partial charge in [-0.2, -0.15) is 0 Å². The highest BCUT2D eigenvalue weighted by molar-refractivity contribution is 5.92. The highest BCUT2D eigenvalue weighted by Gasteiger charge is 2.06. The van der Waals surface area contributed by atoms with E-state index in [1.165, 1.54) is 17.7 Å². The van der Waals surface area contributed by atoms with Gasteiger partial charge in [-0.15, -0.1) is 0 Å². The number of rotatable bonds is 6. The maximum atomic E-state index is 12.0. The average molecular weight is 311 g/mol. The predicted molar refractivity (Wildman–Crippen MR) is 90.9 cm³/mol. The summed E-state index contributed by atoms with van der Waals surface area (Å²) < 4.78 is 0. The van der Waals surface area contributed by atoms with Gasteiger partial charge in [0.25, 0.3) is 0 Å². The molecular weight excluding hydrogens is 290 g/mol. The maximum Gasteiger partial charge on any atom is 0.335 e. The third kappa shape index (κ3) is 4.95. The number of hydrogen-bond donors (Lipinski definition) is 2. The fourth-order valence-corrected chi connectivity index (χ4v) is 2.25. The molecule has 0 aliphatic carbocycles. The van der Waals surface area contributed by atoms with Crippen molar-refractivity contribution in [3.63, 3.8) is 0 Å². The number of carbonyl (C=O) groups is 2. The van der Waals surface area contributed by atoms with Crippen LogP contribution in [0.2, 0.25) is 0 Å². The van der Waals surface area contributed by atoms with E-state index < -0.39 is 5.97 Å². The van der Waals surface area contributed by atoms with Crippen molar-refractivity contribution in [2.45, 2.75) is 32.6 Å². The van der Waals surface area contributed by atoms with Crippen LogP contribution < -0.4 is 5.32 Å². The van der Waals surface area contributed by atoms with Gasteiger partial charge in [0.2, 0.25) is 5.91 Å². The van der Waals surface area contributed by atoms with Gasteiger partial charge in [-0.25, -0.2) is 4.79 Å². The lowest BCUT2D eigenvalue weighted by Crippen LogP contribution is -2.12. The monoisotopic (exact) mass is 311 g/mol. The Labute approximate surface area is 136 Å². The normalized spacial score (nSPS) is 10.6. The molecule has 2 aromatic carbocycles. The van der Waals surface area contributed by atoms with Crippen LogP contribution in [0.4, 0.5) is 5.69 Å². The van der Waals surface area contributed by atoms with E-state index in [1.807, 2.05) is 0 Å². The summed E-state index contributed by atoms with van der Waals surface area (Å²) in [7, 11) is 0. The summed E-state index contributed by atoms with van der Waals surface area (Å²) in [6, 6.07) is 14.5. The first-order valence-corrected chi connectivity index (χ1v) is 7.68. The van der Waals surface area contributed by atoms with E-state index in [0.29, 0.717) is 24.4 Å². The van der Waals surface area contributed by atoms with Crippen molar-refractivity contribution < 1.29 is 14.7 Å². The van der Waals surface area contributed by atoms with Gasteiger partial charge in [0, 0.05) is 12.1 Å². The van der Waals surface area contributed by atoms with Crippen molar-refractivity contribution in [1.29, 1.82) is 0 Å². The molecule has 0 bridgehead atoms. The van der Waals surface area contributed by atoms with Crippen molar-refractivity contribution >= 4 is 17.6 Å².